The maximum atomic E-state index is 8.72. The molecule has 4 heteroatoms. The molecule has 1 aromatic carbocycles. The van der Waals surface area contributed by atoms with Gasteiger partial charge in [0.25, 0.3) is 0 Å². The van der Waals surface area contributed by atoms with E-state index in [2.05, 4.69) is 11.8 Å². The first-order valence-corrected chi connectivity index (χ1v) is 7.53. The van der Waals surface area contributed by atoms with Crippen molar-refractivity contribution in [3.63, 3.8) is 0 Å². The Morgan fingerprint density at radius 3 is 2.95 bits per heavy atom. The van der Waals surface area contributed by atoms with E-state index < -0.39 is 0 Å². The quantitative estimate of drug-likeness (QED) is 0.850. The number of hydrogen-bond donors (Lipinski definition) is 1. The van der Waals surface area contributed by atoms with Crippen LogP contribution in [0.2, 0.25) is 5.02 Å². The van der Waals surface area contributed by atoms with Crippen LogP contribution < -0.4 is 0 Å². The van der Waals surface area contributed by atoms with E-state index in [1.165, 1.54) is 0 Å². The summed E-state index contributed by atoms with van der Waals surface area (Å²) in [6.07, 6.45) is 0.499. The molecule has 0 spiro atoms. The molecule has 1 aromatic heterocycles. The zero-order valence-electron chi connectivity index (χ0n) is 10.9. The molecule has 0 fully saturated rings. The molecule has 20 heavy (non-hydrogen) atoms. The zero-order valence-corrected chi connectivity index (χ0v) is 12.5. The van der Waals surface area contributed by atoms with Gasteiger partial charge in [-0.15, -0.1) is 11.3 Å². The van der Waals surface area contributed by atoms with Crippen molar-refractivity contribution in [2.45, 2.75) is 19.6 Å². The second-order valence-corrected chi connectivity index (χ2v) is 5.59. The minimum absolute atomic E-state index is 0.0950. The van der Waals surface area contributed by atoms with Gasteiger partial charge in [0.15, 0.2) is 0 Å². The first-order valence-electron chi connectivity index (χ1n) is 6.28. The molecule has 0 aliphatic rings. The van der Waals surface area contributed by atoms with Gasteiger partial charge in [0.1, 0.15) is 0 Å². The van der Waals surface area contributed by atoms with Crippen LogP contribution in [0, 0.1) is 11.8 Å². The summed E-state index contributed by atoms with van der Waals surface area (Å²) in [6, 6.07) is 9.63. The molecule has 0 amide bonds. The van der Waals surface area contributed by atoms with Gasteiger partial charge in [-0.05, 0) is 29.1 Å². The van der Waals surface area contributed by atoms with Crippen molar-refractivity contribution >= 4 is 22.9 Å². The van der Waals surface area contributed by atoms with E-state index in [1.807, 2.05) is 35.7 Å². The van der Waals surface area contributed by atoms with Gasteiger partial charge in [0.05, 0.1) is 19.8 Å². The van der Waals surface area contributed by atoms with Crippen LogP contribution in [-0.4, -0.2) is 11.7 Å². The summed E-state index contributed by atoms with van der Waals surface area (Å²) in [7, 11) is 0. The van der Waals surface area contributed by atoms with Gasteiger partial charge < -0.3 is 9.84 Å². The molecule has 1 heterocycles. The molecule has 0 unspecified atom stereocenters. The van der Waals surface area contributed by atoms with Crippen LogP contribution in [0.5, 0.6) is 0 Å². The molecular weight excluding hydrogens is 292 g/mol. The third-order valence-electron chi connectivity index (χ3n) is 2.60. The number of hydrogen-bond acceptors (Lipinski definition) is 3. The standard InChI is InChI=1S/C16H15ClO2S/c17-15-6-3-4-13(10-15)11-19-12-16-14(7-9-20-16)5-1-2-8-18/h3-4,6-7,9-10,18H,2,8,11-12H2. The molecular formula is C16H15ClO2S. The highest BCUT2D eigenvalue weighted by molar-refractivity contribution is 7.10. The van der Waals surface area contributed by atoms with Crippen molar-refractivity contribution in [3.05, 3.63) is 56.7 Å². The Hall–Kier alpha value is -1.31. The van der Waals surface area contributed by atoms with Crippen LogP contribution in [0.4, 0.5) is 0 Å². The SMILES string of the molecule is OCCC#Cc1ccsc1COCc1cccc(Cl)c1. The molecule has 1 N–H and O–H groups in total. The molecule has 0 atom stereocenters. The van der Waals surface area contributed by atoms with Gasteiger partial charge in [-0.2, -0.15) is 0 Å². The molecule has 0 saturated carbocycles. The van der Waals surface area contributed by atoms with Crippen LogP contribution in [0.15, 0.2) is 35.7 Å². The summed E-state index contributed by atoms with van der Waals surface area (Å²) in [5.41, 5.74) is 2.04. The van der Waals surface area contributed by atoms with Crippen LogP contribution in [0.1, 0.15) is 22.4 Å². The molecule has 104 valence electrons. The molecule has 0 aliphatic carbocycles. The zero-order chi connectivity index (χ0) is 14.2. The second kappa shape index (κ2) is 8.08. The first kappa shape index (κ1) is 15.1. The summed E-state index contributed by atoms with van der Waals surface area (Å²) in [5.74, 6) is 5.98. The second-order valence-electron chi connectivity index (χ2n) is 4.16. The number of ether oxygens (including phenoxy) is 1. The Labute approximate surface area is 128 Å². The molecule has 0 radical (unpaired) electrons. The molecule has 2 rings (SSSR count). The van der Waals surface area contributed by atoms with E-state index in [-0.39, 0.29) is 6.61 Å². The fourth-order valence-corrected chi connectivity index (χ4v) is 2.64. The maximum absolute atomic E-state index is 8.72. The highest BCUT2D eigenvalue weighted by Crippen LogP contribution is 2.18. The van der Waals surface area contributed by atoms with E-state index in [9.17, 15) is 0 Å². The lowest BCUT2D eigenvalue weighted by molar-refractivity contribution is 0.109. The largest absolute Gasteiger partial charge is 0.395 e. The molecule has 0 bridgehead atoms. The van der Waals surface area contributed by atoms with Gasteiger partial charge in [-0.3, -0.25) is 0 Å². The third kappa shape index (κ3) is 4.66. The Morgan fingerprint density at radius 1 is 1.25 bits per heavy atom. The summed E-state index contributed by atoms with van der Waals surface area (Å²) >= 11 is 7.56. The van der Waals surface area contributed by atoms with Crippen LogP contribution in [-0.2, 0) is 18.0 Å². The number of thiophene rings is 1. The summed E-state index contributed by atoms with van der Waals surface area (Å²) in [5, 5.41) is 11.4. The minimum Gasteiger partial charge on any atom is -0.395 e. The Bertz CT molecular complexity index is 610. The normalized spacial score (nSPS) is 10.1. The lowest BCUT2D eigenvalue weighted by Crippen LogP contribution is -1.94. The van der Waals surface area contributed by atoms with Crippen molar-refractivity contribution in [1.29, 1.82) is 0 Å². The lowest BCUT2D eigenvalue weighted by atomic mass is 10.2. The predicted octanol–water partition coefficient (Wildman–Crippen LogP) is 3.85. The molecule has 2 aromatic rings. The van der Waals surface area contributed by atoms with E-state index in [0.29, 0.717) is 19.6 Å². The molecule has 0 saturated heterocycles. The fraction of sp³-hybridized carbons (Fsp3) is 0.250. The maximum Gasteiger partial charge on any atom is 0.0826 e. The van der Waals surface area contributed by atoms with Crippen molar-refractivity contribution in [3.8, 4) is 11.8 Å². The van der Waals surface area contributed by atoms with Crippen molar-refractivity contribution in [2.24, 2.45) is 0 Å². The van der Waals surface area contributed by atoms with Crippen LogP contribution in [0.25, 0.3) is 0 Å². The van der Waals surface area contributed by atoms with Crippen molar-refractivity contribution in [1.82, 2.24) is 0 Å². The van der Waals surface area contributed by atoms with Gasteiger partial charge >= 0.3 is 0 Å². The number of aliphatic hydroxyl groups excluding tert-OH is 1. The van der Waals surface area contributed by atoms with E-state index >= 15 is 0 Å². The highest BCUT2D eigenvalue weighted by atomic mass is 35.5. The first-order chi connectivity index (χ1) is 9.79. The highest BCUT2D eigenvalue weighted by Gasteiger charge is 2.02. The van der Waals surface area contributed by atoms with Gasteiger partial charge in [0.2, 0.25) is 0 Å². The number of aliphatic hydroxyl groups is 1. The Balaban J connectivity index is 1.89. The van der Waals surface area contributed by atoms with Gasteiger partial charge in [-0.1, -0.05) is 35.6 Å². The average Bonchev–Trinajstić information content (AvgIpc) is 2.87. The van der Waals surface area contributed by atoms with Crippen molar-refractivity contribution in [2.75, 3.05) is 6.61 Å². The lowest BCUT2D eigenvalue weighted by Gasteiger charge is -2.04. The van der Waals surface area contributed by atoms with Crippen LogP contribution >= 0.6 is 22.9 Å². The average molecular weight is 307 g/mol. The van der Waals surface area contributed by atoms with Gasteiger partial charge in [-0.25, -0.2) is 0 Å². The smallest absolute Gasteiger partial charge is 0.0826 e. The van der Waals surface area contributed by atoms with E-state index in [1.54, 1.807) is 11.3 Å². The van der Waals surface area contributed by atoms with E-state index in [4.69, 9.17) is 21.4 Å². The number of halogens is 1. The number of rotatable bonds is 5. The van der Waals surface area contributed by atoms with Crippen LogP contribution in [0.3, 0.4) is 0 Å². The minimum atomic E-state index is 0.0950. The summed E-state index contributed by atoms with van der Waals surface area (Å²) in [4.78, 5) is 1.11. The molecule has 2 nitrogen and oxygen atoms in total. The number of benzene rings is 1. The fourth-order valence-electron chi connectivity index (χ4n) is 1.67. The van der Waals surface area contributed by atoms with Crippen molar-refractivity contribution < 1.29 is 9.84 Å². The predicted molar refractivity (Wildman–Crippen MR) is 82.8 cm³/mol. The third-order valence-corrected chi connectivity index (χ3v) is 3.73. The summed E-state index contributed by atoms with van der Waals surface area (Å²) in [6.45, 7) is 1.16. The topological polar surface area (TPSA) is 29.5 Å². The molecule has 0 aliphatic heterocycles. The van der Waals surface area contributed by atoms with Gasteiger partial charge in [0, 0.05) is 21.9 Å². The Morgan fingerprint density at radius 2 is 2.15 bits per heavy atom. The Kier molecular flexibility index (Phi) is 6.10. The van der Waals surface area contributed by atoms with E-state index in [0.717, 1.165) is 21.0 Å². The monoisotopic (exact) mass is 306 g/mol. The summed E-state index contributed by atoms with van der Waals surface area (Å²) < 4.78 is 5.70.